The highest BCUT2D eigenvalue weighted by Gasteiger charge is 2.24. The number of alkyl halides is 1. The van der Waals surface area contributed by atoms with Gasteiger partial charge < -0.3 is 9.04 Å². The van der Waals surface area contributed by atoms with Gasteiger partial charge in [-0.25, -0.2) is 8.42 Å². The molecular weight excluding hydrogens is 462 g/mol. The van der Waals surface area contributed by atoms with E-state index in [9.17, 15) is 13.0 Å². The van der Waals surface area contributed by atoms with E-state index in [-0.39, 0.29) is 4.90 Å². The standard InChI is InChI=1S/C17H37BrN.C7H8O3S/c1-4-7-10-12-15-19(17-18,14-9-6-3)16-13-11-8-5-2;1-6-2-4-7(5-3-6)11(8,9)10/h4-17H2,1-3H3;2-5H,1H3,(H,8,9,10)/q+1;/p-1. The molecule has 176 valence electrons. The number of aryl methyl sites for hydroxylation is 1. The lowest BCUT2D eigenvalue weighted by atomic mass is 10.1. The Morgan fingerprint density at radius 1 is 0.767 bits per heavy atom. The summed E-state index contributed by atoms with van der Waals surface area (Å²) >= 11 is 3.81. The molecule has 0 aliphatic carbocycles. The van der Waals surface area contributed by atoms with Crippen LogP contribution in [0.25, 0.3) is 0 Å². The highest BCUT2D eigenvalue weighted by atomic mass is 79.9. The second kappa shape index (κ2) is 17.2. The van der Waals surface area contributed by atoms with E-state index in [4.69, 9.17) is 0 Å². The van der Waals surface area contributed by atoms with E-state index in [2.05, 4.69) is 36.7 Å². The number of halogens is 1. The molecule has 1 aromatic rings. The van der Waals surface area contributed by atoms with Crippen LogP contribution in [0.1, 0.15) is 90.5 Å². The van der Waals surface area contributed by atoms with Crippen LogP contribution in [0.15, 0.2) is 29.2 Å². The molecule has 0 radical (unpaired) electrons. The van der Waals surface area contributed by atoms with E-state index in [1.807, 2.05) is 6.92 Å². The van der Waals surface area contributed by atoms with Gasteiger partial charge in [0.15, 0.2) is 0 Å². The third-order valence-electron chi connectivity index (χ3n) is 5.52. The predicted molar refractivity (Wildman–Crippen MR) is 131 cm³/mol. The Morgan fingerprint density at radius 3 is 1.57 bits per heavy atom. The normalized spacial score (nSPS) is 11.8. The average Bonchev–Trinajstić information content (AvgIpc) is 2.72. The van der Waals surface area contributed by atoms with Crippen LogP contribution in [-0.2, 0) is 10.1 Å². The number of hydrogen-bond donors (Lipinski definition) is 0. The first-order chi connectivity index (χ1) is 14.2. The molecule has 0 spiro atoms. The van der Waals surface area contributed by atoms with Crippen LogP contribution in [0.5, 0.6) is 0 Å². The van der Waals surface area contributed by atoms with Gasteiger partial charge in [-0.3, -0.25) is 0 Å². The Morgan fingerprint density at radius 2 is 1.20 bits per heavy atom. The third kappa shape index (κ3) is 13.8. The van der Waals surface area contributed by atoms with Gasteiger partial charge in [0.1, 0.15) is 15.6 Å². The summed E-state index contributed by atoms with van der Waals surface area (Å²) in [6.45, 7) is 12.9. The van der Waals surface area contributed by atoms with E-state index >= 15 is 0 Å². The van der Waals surface area contributed by atoms with Gasteiger partial charge >= 0.3 is 0 Å². The van der Waals surface area contributed by atoms with Gasteiger partial charge in [-0.15, -0.1) is 0 Å². The lowest BCUT2D eigenvalue weighted by Gasteiger charge is -2.37. The molecule has 0 heterocycles. The van der Waals surface area contributed by atoms with Crippen molar-refractivity contribution < 1.29 is 17.5 Å². The Labute approximate surface area is 194 Å². The SMILES string of the molecule is CCCCCC[N+](CBr)(CCCC)CCCCCC.Cc1ccc(S(=O)(=O)[O-])cc1. The molecule has 0 amide bonds. The van der Waals surface area contributed by atoms with Crippen LogP contribution >= 0.6 is 15.9 Å². The van der Waals surface area contributed by atoms with Gasteiger partial charge in [0.2, 0.25) is 0 Å². The average molecular weight is 507 g/mol. The number of unbranched alkanes of at least 4 members (excludes halogenated alkanes) is 7. The van der Waals surface area contributed by atoms with Crippen molar-refractivity contribution in [3.05, 3.63) is 29.8 Å². The van der Waals surface area contributed by atoms with Gasteiger partial charge in [-0.2, -0.15) is 0 Å². The first-order valence-corrected chi connectivity index (χ1v) is 14.2. The van der Waals surface area contributed by atoms with Crippen molar-refractivity contribution in [1.82, 2.24) is 0 Å². The molecule has 30 heavy (non-hydrogen) atoms. The first kappa shape index (κ1) is 29.6. The first-order valence-electron chi connectivity index (χ1n) is 11.7. The second-order valence-corrected chi connectivity index (χ2v) is 10.3. The summed E-state index contributed by atoms with van der Waals surface area (Å²) < 4.78 is 32.5. The molecule has 0 bridgehead atoms. The number of benzene rings is 1. The van der Waals surface area contributed by atoms with E-state index in [0.717, 1.165) is 11.0 Å². The van der Waals surface area contributed by atoms with Crippen LogP contribution in [0.3, 0.4) is 0 Å². The fourth-order valence-electron chi connectivity index (χ4n) is 3.46. The number of quaternary nitrogens is 1. The Hall–Kier alpha value is -0.430. The summed E-state index contributed by atoms with van der Waals surface area (Å²) in [5, 5.41) is 0. The van der Waals surface area contributed by atoms with Crippen molar-refractivity contribution in [2.24, 2.45) is 0 Å². The predicted octanol–water partition coefficient (Wildman–Crippen LogP) is 7.02. The molecular formula is C24H44BrNO3S. The summed E-state index contributed by atoms with van der Waals surface area (Å²) in [5.74, 6) is 0. The summed E-state index contributed by atoms with van der Waals surface area (Å²) in [6, 6.07) is 5.78. The highest BCUT2D eigenvalue weighted by Crippen LogP contribution is 2.18. The fraction of sp³-hybridized carbons (Fsp3) is 0.750. The van der Waals surface area contributed by atoms with Crippen molar-refractivity contribution in [2.75, 3.05) is 25.1 Å². The molecule has 0 aliphatic heterocycles. The molecule has 6 heteroatoms. The monoisotopic (exact) mass is 505 g/mol. The molecule has 1 rings (SSSR count). The van der Waals surface area contributed by atoms with Crippen molar-refractivity contribution in [3.8, 4) is 0 Å². The number of nitrogens with zero attached hydrogens (tertiary/aromatic N) is 1. The summed E-state index contributed by atoms with van der Waals surface area (Å²) in [7, 11) is -4.27. The Balaban J connectivity index is 0.000000642. The fourth-order valence-corrected chi connectivity index (χ4v) is 4.68. The van der Waals surface area contributed by atoms with Gasteiger partial charge in [0, 0.05) is 0 Å². The van der Waals surface area contributed by atoms with Crippen molar-refractivity contribution >= 4 is 26.0 Å². The van der Waals surface area contributed by atoms with Gasteiger partial charge in [-0.05, 0) is 67.1 Å². The molecule has 0 saturated carbocycles. The van der Waals surface area contributed by atoms with Crippen LogP contribution in [0, 0.1) is 6.92 Å². The minimum atomic E-state index is -4.27. The Bertz CT molecular complexity index is 620. The zero-order chi connectivity index (χ0) is 22.9. The highest BCUT2D eigenvalue weighted by molar-refractivity contribution is 9.09. The van der Waals surface area contributed by atoms with E-state index in [1.54, 1.807) is 12.1 Å². The molecule has 0 aliphatic rings. The van der Waals surface area contributed by atoms with Gasteiger partial charge in [0.05, 0.1) is 24.5 Å². The molecule has 4 nitrogen and oxygen atoms in total. The molecule has 0 fully saturated rings. The third-order valence-corrected chi connectivity index (χ3v) is 7.43. The largest absolute Gasteiger partial charge is 0.744 e. The molecule has 1 aromatic carbocycles. The van der Waals surface area contributed by atoms with Crippen LogP contribution in [0.2, 0.25) is 0 Å². The van der Waals surface area contributed by atoms with E-state index < -0.39 is 10.1 Å². The molecule has 0 saturated heterocycles. The molecule has 0 aromatic heterocycles. The van der Waals surface area contributed by atoms with Crippen LogP contribution in [0.4, 0.5) is 0 Å². The van der Waals surface area contributed by atoms with Crippen molar-refractivity contribution in [2.45, 2.75) is 96.8 Å². The topological polar surface area (TPSA) is 57.2 Å². The van der Waals surface area contributed by atoms with E-state index in [0.29, 0.717) is 0 Å². The molecule has 0 N–H and O–H groups in total. The zero-order valence-corrected chi connectivity index (χ0v) is 22.1. The van der Waals surface area contributed by atoms with Gasteiger partial charge in [0.25, 0.3) is 0 Å². The lowest BCUT2D eigenvalue weighted by molar-refractivity contribution is -0.915. The minimum absolute atomic E-state index is 0.178. The minimum Gasteiger partial charge on any atom is -0.744 e. The number of rotatable bonds is 15. The summed E-state index contributed by atoms with van der Waals surface area (Å²) in [6.07, 6.45) is 13.9. The lowest BCUT2D eigenvalue weighted by Crippen LogP contribution is -2.49. The summed E-state index contributed by atoms with van der Waals surface area (Å²) in [5.41, 5.74) is 2.09. The number of hydrogen-bond acceptors (Lipinski definition) is 3. The van der Waals surface area contributed by atoms with Crippen LogP contribution in [-0.4, -0.2) is 42.5 Å². The maximum Gasteiger partial charge on any atom is 0.134 e. The maximum atomic E-state index is 10.4. The molecule has 0 atom stereocenters. The Kier molecular flexibility index (Phi) is 16.9. The van der Waals surface area contributed by atoms with Crippen molar-refractivity contribution in [3.63, 3.8) is 0 Å². The second-order valence-electron chi connectivity index (χ2n) is 8.37. The maximum absolute atomic E-state index is 10.4. The summed E-state index contributed by atoms with van der Waals surface area (Å²) in [4.78, 5) is -0.178. The van der Waals surface area contributed by atoms with E-state index in [1.165, 1.54) is 100 Å². The molecule has 0 unspecified atom stereocenters. The quantitative estimate of drug-likeness (QED) is 0.0845. The van der Waals surface area contributed by atoms with Gasteiger partial charge in [-0.1, -0.05) is 70.6 Å². The smallest absolute Gasteiger partial charge is 0.134 e. The zero-order valence-electron chi connectivity index (χ0n) is 19.7. The van der Waals surface area contributed by atoms with Crippen LogP contribution < -0.4 is 0 Å². The van der Waals surface area contributed by atoms with Crippen molar-refractivity contribution in [1.29, 1.82) is 0 Å².